The minimum Gasteiger partial charge on any atom is -0.365 e. The molecule has 0 saturated carbocycles. The molecule has 2 aromatic heterocycles. The number of nitrogens with zero attached hydrogens (tertiary/aromatic N) is 1. The number of hydrogen-bond acceptors (Lipinski definition) is 5. The molecule has 0 fully saturated rings. The van der Waals surface area contributed by atoms with Crippen LogP contribution in [0.25, 0.3) is 0 Å². The van der Waals surface area contributed by atoms with Gasteiger partial charge < -0.3 is 11.1 Å². The minimum absolute atomic E-state index is 0.262. The lowest BCUT2D eigenvalue weighted by Crippen LogP contribution is -2.19. The lowest BCUT2D eigenvalue weighted by atomic mass is 9.88. The molecule has 0 radical (unpaired) electrons. The van der Waals surface area contributed by atoms with Gasteiger partial charge in [-0.2, -0.15) is 0 Å². The summed E-state index contributed by atoms with van der Waals surface area (Å²) in [5, 5.41) is 4.10. The number of nitrogens with two attached hydrogens (primary N) is 1. The van der Waals surface area contributed by atoms with Gasteiger partial charge in [0.1, 0.15) is 10.0 Å². The Balaban J connectivity index is 1.95. The number of primary amides is 1. The topological polar surface area (TPSA) is 85.1 Å². The van der Waals surface area contributed by atoms with Crippen LogP contribution in [0.3, 0.4) is 0 Å². The summed E-state index contributed by atoms with van der Waals surface area (Å²) in [6, 6.07) is 3.46. The largest absolute Gasteiger partial charge is 0.365 e. The molecular weight excluding hydrogens is 342 g/mol. The first-order valence-corrected chi connectivity index (χ1v) is 9.80. The summed E-state index contributed by atoms with van der Waals surface area (Å²) in [7, 11) is 0. The van der Waals surface area contributed by atoms with Gasteiger partial charge in [-0.3, -0.25) is 9.59 Å². The van der Waals surface area contributed by atoms with E-state index in [1.165, 1.54) is 23.1 Å². The van der Waals surface area contributed by atoms with Crippen LogP contribution in [-0.2, 0) is 12.8 Å². The van der Waals surface area contributed by atoms with Gasteiger partial charge in [-0.05, 0) is 49.1 Å². The van der Waals surface area contributed by atoms with Gasteiger partial charge >= 0.3 is 0 Å². The number of carbonyl (C=O) groups excluding carboxylic acids is 2. The third kappa shape index (κ3) is 3.18. The van der Waals surface area contributed by atoms with Gasteiger partial charge in [-0.15, -0.1) is 23.1 Å². The highest BCUT2D eigenvalue weighted by atomic mass is 32.2. The van der Waals surface area contributed by atoms with Gasteiger partial charge in [-0.1, -0.05) is 6.92 Å². The van der Waals surface area contributed by atoms with E-state index in [-0.39, 0.29) is 5.91 Å². The molecule has 3 N–H and O–H groups in total. The van der Waals surface area contributed by atoms with Crippen molar-refractivity contribution in [2.75, 3.05) is 11.6 Å². The van der Waals surface area contributed by atoms with Crippen LogP contribution < -0.4 is 11.1 Å². The Bertz CT molecular complexity index is 801. The highest BCUT2D eigenvalue weighted by Gasteiger charge is 2.27. The van der Waals surface area contributed by atoms with E-state index in [4.69, 9.17) is 5.73 Å². The predicted octanol–water partition coefficient (Wildman–Crippen LogP) is 3.34. The van der Waals surface area contributed by atoms with Crippen molar-refractivity contribution in [3.8, 4) is 0 Å². The SMILES string of the molecule is CSc1ncccc1C(=O)Nc1sc2c(c1C(N)=O)CC[C@H](C)C2. The molecule has 0 unspecified atom stereocenters. The first kappa shape index (κ1) is 17.0. The zero-order valence-electron chi connectivity index (χ0n) is 13.6. The summed E-state index contributed by atoms with van der Waals surface area (Å²) in [5.41, 5.74) is 7.58. The lowest BCUT2D eigenvalue weighted by Gasteiger charge is -2.18. The second kappa shape index (κ2) is 6.94. The number of aromatic nitrogens is 1. The van der Waals surface area contributed by atoms with E-state index >= 15 is 0 Å². The quantitative estimate of drug-likeness (QED) is 0.818. The second-order valence-corrected chi connectivity index (χ2v) is 7.83. The van der Waals surface area contributed by atoms with E-state index in [0.29, 0.717) is 27.1 Å². The van der Waals surface area contributed by atoms with Crippen LogP contribution in [0, 0.1) is 5.92 Å². The van der Waals surface area contributed by atoms with E-state index in [2.05, 4.69) is 17.2 Å². The van der Waals surface area contributed by atoms with E-state index in [0.717, 1.165) is 29.7 Å². The summed E-state index contributed by atoms with van der Waals surface area (Å²) in [4.78, 5) is 29.9. The van der Waals surface area contributed by atoms with Gasteiger partial charge in [0.25, 0.3) is 11.8 Å². The van der Waals surface area contributed by atoms with Crippen molar-refractivity contribution < 1.29 is 9.59 Å². The van der Waals surface area contributed by atoms with Crippen molar-refractivity contribution in [1.29, 1.82) is 0 Å². The summed E-state index contributed by atoms with van der Waals surface area (Å²) >= 11 is 2.88. The van der Waals surface area contributed by atoms with Gasteiger partial charge in [0.15, 0.2) is 0 Å². The Hall–Kier alpha value is -1.86. The van der Waals surface area contributed by atoms with Crippen molar-refractivity contribution >= 4 is 39.9 Å². The first-order valence-electron chi connectivity index (χ1n) is 7.76. The molecule has 0 aromatic carbocycles. The number of pyridine rings is 1. The fraction of sp³-hybridized carbons (Fsp3) is 0.353. The molecule has 0 saturated heterocycles. The lowest BCUT2D eigenvalue weighted by molar-refractivity contribution is 0.1000. The predicted molar refractivity (Wildman–Crippen MR) is 98.0 cm³/mol. The molecule has 2 heterocycles. The van der Waals surface area contributed by atoms with Crippen LogP contribution in [0.15, 0.2) is 23.4 Å². The van der Waals surface area contributed by atoms with Gasteiger partial charge in [0, 0.05) is 11.1 Å². The monoisotopic (exact) mass is 361 g/mol. The highest BCUT2D eigenvalue weighted by Crippen LogP contribution is 2.39. The normalized spacial score (nSPS) is 16.5. The molecule has 2 aromatic rings. The number of anilines is 1. The van der Waals surface area contributed by atoms with Crippen LogP contribution >= 0.6 is 23.1 Å². The number of rotatable bonds is 4. The Morgan fingerprint density at radius 3 is 2.96 bits per heavy atom. The highest BCUT2D eigenvalue weighted by molar-refractivity contribution is 7.98. The zero-order valence-corrected chi connectivity index (χ0v) is 15.2. The third-order valence-corrected chi connectivity index (χ3v) is 6.08. The summed E-state index contributed by atoms with van der Waals surface area (Å²) < 4.78 is 0. The zero-order chi connectivity index (χ0) is 17.3. The molecule has 126 valence electrons. The maximum Gasteiger partial charge on any atom is 0.259 e. The van der Waals surface area contributed by atoms with Gasteiger partial charge in [0.2, 0.25) is 0 Å². The first-order chi connectivity index (χ1) is 11.5. The molecule has 1 atom stereocenters. The number of fused-ring (bicyclic) bond motifs is 1. The van der Waals surface area contributed by atoms with Crippen molar-refractivity contribution in [3.05, 3.63) is 39.9 Å². The number of hydrogen-bond donors (Lipinski definition) is 2. The van der Waals surface area contributed by atoms with Crippen LogP contribution in [0.1, 0.15) is 44.5 Å². The van der Waals surface area contributed by atoms with Crippen molar-refractivity contribution in [2.45, 2.75) is 31.2 Å². The molecule has 24 heavy (non-hydrogen) atoms. The standard InChI is InChI=1S/C17H19N3O2S2/c1-9-5-6-10-12(8-9)24-17(13(10)14(18)21)20-15(22)11-4-3-7-19-16(11)23-2/h3-4,7,9H,5-6,8H2,1-2H3,(H2,18,21)(H,20,22)/t9-/m0/s1. The van der Waals surface area contributed by atoms with E-state index in [9.17, 15) is 9.59 Å². The molecule has 7 heteroatoms. The number of carbonyl (C=O) groups is 2. The average molecular weight is 361 g/mol. The molecular formula is C17H19N3O2S2. The maximum absolute atomic E-state index is 12.6. The second-order valence-electron chi connectivity index (χ2n) is 5.93. The summed E-state index contributed by atoms with van der Waals surface area (Å²) in [6.07, 6.45) is 6.34. The van der Waals surface area contributed by atoms with E-state index < -0.39 is 5.91 Å². The van der Waals surface area contributed by atoms with Crippen LogP contribution in [0.2, 0.25) is 0 Å². The molecule has 1 aliphatic carbocycles. The molecule has 0 aliphatic heterocycles. The number of nitrogens with one attached hydrogen (secondary N) is 1. The van der Waals surface area contributed by atoms with E-state index in [1.807, 2.05) is 6.26 Å². The Morgan fingerprint density at radius 2 is 2.25 bits per heavy atom. The number of amides is 2. The average Bonchev–Trinajstić information content (AvgIpc) is 2.91. The Morgan fingerprint density at radius 1 is 1.46 bits per heavy atom. The summed E-state index contributed by atoms with van der Waals surface area (Å²) in [5.74, 6) is -0.155. The van der Waals surface area contributed by atoms with Crippen LogP contribution in [-0.4, -0.2) is 23.1 Å². The Kier molecular flexibility index (Phi) is 4.91. The van der Waals surface area contributed by atoms with Gasteiger partial charge in [0.05, 0.1) is 11.1 Å². The number of thiophene rings is 1. The fourth-order valence-electron chi connectivity index (χ4n) is 3.00. The fourth-order valence-corrected chi connectivity index (χ4v) is 4.95. The van der Waals surface area contributed by atoms with Crippen LogP contribution in [0.4, 0.5) is 5.00 Å². The molecule has 3 rings (SSSR count). The third-order valence-electron chi connectivity index (χ3n) is 4.19. The van der Waals surface area contributed by atoms with E-state index in [1.54, 1.807) is 18.3 Å². The van der Waals surface area contributed by atoms with Crippen molar-refractivity contribution in [1.82, 2.24) is 4.98 Å². The minimum atomic E-state index is -0.478. The number of thioether (sulfide) groups is 1. The van der Waals surface area contributed by atoms with Gasteiger partial charge in [-0.25, -0.2) is 4.98 Å². The molecule has 5 nitrogen and oxygen atoms in total. The molecule has 0 bridgehead atoms. The van der Waals surface area contributed by atoms with Crippen molar-refractivity contribution in [3.63, 3.8) is 0 Å². The maximum atomic E-state index is 12.6. The Labute approximate surface area is 149 Å². The smallest absolute Gasteiger partial charge is 0.259 e. The molecule has 0 spiro atoms. The van der Waals surface area contributed by atoms with Crippen LogP contribution in [0.5, 0.6) is 0 Å². The molecule has 1 aliphatic rings. The summed E-state index contributed by atoms with van der Waals surface area (Å²) in [6.45, 7) is 2.20. The van der Waals surface area contributed by atoms with Crippen molar-refractivity contribution in [2.24, 2.45) is 11.7 Å². The molecule has 2 amide bonds.